The number of benzene rings is 2. The minimum Gasteiger partial charge on any atom is -0.389 e. The summed E-state index contributed by atoms with van der Waals surface area (Å²) in [7, 11) is 0. The van der Waals surface area contributed by atoms with Crippen molar-refractivity contribution in [3.63, 3.8) is 0 Å². The Bertz CT molecular complexity index is 1210. The lowest BCUT2D eigenvalue weighted by molar-refractivity contribution is -0.146. The van der Waals surface area contributed by atoms with Crippen molar-refractivity contribution in [2.45, 2.75) is 44.4 Å². The van der Waals surface area contributed by atoms with Crippen molar-refractivity contribution >= 4 is 33.6 Å². The van der Waals surface area contributed by atoms with Crippen LogP contribution in [0.4, 0.5) is 13.2 Å². The highest BCUT2D eigenvalue weighted by Gasteiger charge is 2.38. The fourth-order valence-electron chi connectivity index (χ4n) is 5.38. The predicted molar refractivity (Wildman–Crippen MR) is 123 cm³/mol. The lowest BCUT2D eigenvalue weighted by Crippen LogP contribution is -2.28. The van der Waals surface area contributed by atoms with Gasteiger partial charge in [-0.3, -0.25) is 0 Å². The topological polar surface area (TPSA) is 32.3 Å². The van der Waals surface area contributed by atoms with Crippen molar-refractivity contribution in [2.24, 2.45) is 5.92 Å². The van der Waals surface area contributed by atoms with Gasteiger partial charge in [-0.1, -0.05) is 42.0 Å². The molecule has 2 aromatic rings. The van der Waals surface area contributed by atoms with Gasteiger partial charge in [0.25, 0.3) is 0 Å². The van der Waals surface area contributed by atoms with Crippen LogP contribution in [0.3, 0.4) is 0 Å². The quantitative estimate of drug-likeness (QED) is 0.512. The molecule has 2 aromatic carbocycles. The van der Waals surface area contributed by atoms with Crippen molar-refractivity contribution in [2.75, 3.05) is 0 Å². The third-order valence-corrected chi connectivity index (χ3v) is 6.99. The Labute approximate surface area is 189 Å². The monoisotopic (exact) mass is 457 g/mol. The number of aliphatic hydroxyl groups is 1. The summed E-state index contributed by atoms with van der Waals surface area (Å²) in [5.41, 5.74) is 5.73. The average Bonchev–Trinajstić information content (AvgIpc) is 3.01. The molecule has 1 heterocycles. The van der Waals surface area contributed by atoms with E-state index < -0.39 is 24.6 Å². The standard InChI is InChI=1S/C26H23ClF3NO/c27-22-10-9-17(23-4-2-1-3-11-31-23)20-7-5-16-19(25(20)22)8-6-18-21(16)12-15(13-24(18)32)14-26(28,29)30/h1-5,7,9-11,15,24,31-32H,6,8,12-14H2. The van der Waals surface area contributed by atoms with E-state index in [1.54, 1.807) is 0 Å². The van der Waals surface area contributed by atoms with Crippen LogP contribution in [0.25, 0.3) is 22.0 Å². The van der Waals surface area contributed by atoms with Crippen molar-refractivity contribution < 1.29 is 18.3 Å². The van der Waals surface area contributed by atoms with E-state index in [1.165, 1.54) is 0 Å². The van der Waals surface area contributed by atoms with E-state index in [-0.39, 0.29) is 6.42 Å². The number of rotatable bonds is 2. The molecular formula is C26H23ClF3NO. The molecule has 0 aromatic heterocycles. The average molecular weight is 458 g/mol. The molecule has 0 fully saturated rings. The first kappa shape index (κ1) is 21.4. The first-order valence-electron chi connectivity index (χ1n) is 10.8. The van der Waals surface area contributed by atoms with E-state index >= 15 is 0 Å². The van der Waals surface area contributed by atoms with Crippen LogP contribution >= 0.6 is 11.6 Å². The normalized spacial score (nSPS) is 22.8. The Kier molecular flexibility index (Phi) is 5.42. The largest absolute Gasteiger partial charge is 0.389 e. The van der Waals surface area contributed by atoms with Crippen LogP contribution in [0, 0.1) is 5.92 Å². The van der Waals surface area contributed by atoms with Gasteiger partial charge in [-0.2, -0.15) is 13.2 Å². The summed E-state index contributed by atoms with van der Waals surface area (Å²) in [6, 6.07) is 7.87. The molecule has 166 valence electrons. The third-order valence-electron chi connectivity index (χ3n) is 6.68. The van der Waals surface area contributed by atoms with Crippen LogP contribution in [0.1, 0.15) is 42.4 Å². The van der Waals surface area contributed by atoms with E-state index in [2.05, 4.69) is 5.32 Å². The van der Waals surface area contributed by atoms with Gasteiger partial charge in [0.1, 0.15) is 0 Å². The second-order valence-corrected chi connectivity index (χ2v) is 9.13. The fraction of sp³-hybridized carbons (Fsp3) is 0.308. The molecule has 0 radical (unpaired) electrons. The maximum Gasteiger partial charge on any atom is 0.389 e. The van der Waals surface area contributed by atoms with E-state index in [1.807, 2.05) is 54.8 Å². The molecule has 0 saturated heterocycles. The highest BCUT2D eigenvalue weighted by molar-refractivity contribution is 6.36. The van der Waals surface area contributed by atoms with Crippen molar-refractivity contribution in [1.82, 2.24) is 5.32 Å². The summed E-state index contributed by atoms with van der Waals surface area (Å²) in [5.74, 6) is -0.605. The number of fused-ring (bicyclic) bond motifs is 4. The molecule has 0 spiro atoms. The fourth-order valence-corrected chi connectivity index (χ4v) is 5.66. The number of alkyl halides is 3. The molecule has 6 heteroatoms. The zero-order valence-corrected chi connectivity index (χ0v) is 18.1. The van der Waals surface area contributed by atoms with Gasteiger partial charge in [-0.05, 0) is 77.5 Å². The molecule has 1 aliphatic heterocycles. The minimum atomic E-state index is -4.23. The molecule has 0 amide bonds. The summed E-state index contributed by atoms with van der Waals surface area (Å²) in [6.07, 6.45) is 5.66. The van der Waals surface area contributed by atoms with Gasteiger partial charge in [-0.25, -0.2) is 0 Å². The van der Waals surface area contributed by atoms with Crippen molar-refractivity contribution in [3.05, 3.63) is 82.1 Å². The molecule has 2 N–H and O–H groups in total. The van der Waals surface area contributed by atoms with E-state index in [0.29, 0.717) is 24.3 Å². The molecular weight excluding hydrogens is 435 g/mol. The summed E-state index contributed by atoms with van der Waals surface area (Å²) in [6.45, 7) is 0. The zero-order chi connectivity index (χ0) is 22.5. The Morgan fingerprint density at radius 2 is 1.84 bits per heavy atom. The van der Waals surface area contributed by atoms with Crippen LogP contribution in [0.15, 0.2) is 60.3 Å². The number of aryl methyl sites for hydroxylation is 1. The summed E-state index contributed by atoms with van der Waals surface area (Å²) in [5, 5.41) is 16.5. The molecule has 3 aliphatic rings. The number of aliphatic hydroxyl groups excluding tert-OH is 1. The first-order chi connectivity index (χ1) is 15.3. The van der Waals surface area contributed by atoms with Crippen LogP contribution in [0.5, 0.6) is 0 Å². The first-order valence-corrected chi connectivity index (χ1v) is 11.2. The van der Waals surface area contributed by atoms with E-state index in [9.17, 15) is 18.3 Å². The molecule has 32 heavy (non-hydrogen) atoms. The molecule has 2 aliphatic carbocycles. The van der Waals surface area contributed by atoms with E-state index in [0.717, 1.165) is 44.3 Å². The Morgan fingerprint density at radius 1 is 1.03 bits per heavy atom. The Morgan fingerprint density at radius 3 is 2.66 bits per heavy atom. The minimum absolute atomic E-state index is 0.174. The summed E-state index contributed by atoms with van der Waals surface area (Å²) >= 11 is 6.67. The molecule has 2 nitrogen and oxygen atoms in total. The van der Waals surface area contributed by atoms with Crippen LogP contribution in [-0.4, -0.2) is 17.4 Å². The van der Waals surface area contributed by atoms with Gasteiger partial charge < -0.3 is 10.4 Å². The second-order valence-electron chi connectivity index (χ2n) is 8.72. The second kappa shape index (κ2) is 8.13. The van der Waals surface area contributed by atoms with Gasteiger partial charge in [-0.15, -0.1) is 0 Å². The van der Waals surface area contributed by atoms with Crippen LogP contribution in [-0.2, 0) is 6.42 Å². The highest BCUT2D eigenvalue weighted by atomic mass is 35.5. The molecule has 2 atom stereocenters. The van der Waals surface area contributed by atoms with Gasteiger partial charge in [0.15, 0.2) is 0 Å². The third kappa shape index (κ3) is 3.89. The Balaban J connectivity index is 1.63. The van der Waals surface area contributed by atoms with Gasteiger partial charge in [0, 0.05) is 34.3 Å². The molecule has 5 rings (SSSR count). The van der Waals surface area contributed by atoms with Gasteiger partial charge >= 0.3 is 6.18 Å². The maximum absolute atomic E-state index is 13.1. The number of hydrogen-bond donors (Lipinski definition) is 2. The lowest BCUT2D eigenvalue weighted by Gasteiger charge is -2.36. The number of hydrogen-bond acceptors (Lipinski definition) is 2. The molecule has 0 bridgehead atoms. The van der Waals surface area contributed by atoms with Gasteiger partial charge in [0.2, 0.25) is 0 Å². The SMILES string of the molecule is OC1CC(CC(F)(F)F)CC2=C1CCc1c2ccc2c(C3=CC=CC=CN3)ccc(Cl)c12. The van der Waals surface area contributed by atoms with Crippen LogP contribution in [0.2, 0.25) is 5.02 Å². The molecule has 2 unspecified atom stereocenters. The van der Waals surface area contributed by atoms with Crippen molar-refractivity contribution in [3.8, 4) is 0 Å². The van der Waals surface area contributed by atoms with Crippen molar-refractivity contribution in [1.29, 1.82) is 0 Å². The smallest absolute Gasteiger partial charge is 0.389 e. The predicted octanol–water partition coefficient (Wildman–Crippen LogP) is 6.93. The molecule has 0 saturated carbocycles. The van der Waals surface area contributed by atoms with E-state index in [4.69, 9.17) is 11.6 Å². The van der Waals surface area contributed by atoms with Crippen LogP contribution < -0.4 is 5.32 Å². The number of nitrogens with one attached hydrogen (secondary N) is 1. The maximum atomic E-state index is 13.1. The highest BCUT2D eigenvalue weighted by Crippen LogP contribution is 2.48. The lowest BCUT2D eigenvalue weighted by atomic mass is 9.71. The number of halogens is 4. The summed E-state index contributed by atoms with van der Waals surface area (Å²) < 4.78 is 39.2. The Hall–Kier alpha value is -2.50. The van der Waals surface area contributed by atoms with Gasteiger partial charge in [0.05, 0.1) is 6.10 Å². The number of allylic oxidation sites excluding steroid dienone is 5. The summed E-state index contributed by atoms with van der Waals surface area (Å²) in [4.78, 5) is 0. The zero-order valence-electron chi connectivity index (χ0n) is 17.3.